The number of sulfone groups is 1. The Kier molecular flexibility index (Phi) is 2.46. The lowest BCUT2D eigenvalue weighted by Crippen LogP contribution is -2.42. The molecule has 1 aliphatic rings. The zero-order chi connectivity index (χ0) is 9.41. The average Bonchev–Trinajstić information content (AvgIpc) is 1.83. The van der Waals surface area contributed by atoms with Crippen LogP contribution in [0.15, 0.2) is 0 Å². The van der Waals surface area contributed by atoms with E-state index in [0.717, 1.165) is 0 Å². The van der Waals surface area contributed by atoms with Gasteiger partial charge in [0.1, 0.15) is 0 Å². The molecule has 1 aliphatic heterocycles. The summed E-state index contributed by atoms with van der Waals surface area (Å²) in [6.45, 7) is 0. The van der Waals surface area contributed by atoms with Crippen LogP contribution >= 0.6 is 0 Å². The Labute approximate surface area is 72.1 Å². The Bertz CT molecular complexity index is 343. The summed E-state index contributed by atoms with van der Waals surface area (Å²) in [7, 11) is -4.83. The summed E-state index contributed by atoms with van der Waals surface area (Å²) in [5.74, 6) is -0.280. The average molecular weight is 213 g/mol. The second-order valence-electron chi connectivity index (χ2n) is 2.93. The van der Waals surface area contributed by atoms with Gasteiger partial charge in [-0.3, -0.25) is 0 Å². The molecule has 72 valence electrons. The minimum absolute atomic E-state index is 0.00785. The maximum absolute atomic E-state index is 10.9. The third kappa shape index (κ3) is 2.43. The van der Waals surface area contributed by atoms with Crippen LogP contribution in [-0.2, 0) is 19.9 Å². The first kappa shape index (κ1) is 9.94. The van der Waals surface area contributed by atoms with E-state index in [1.54, 1.807) is 0 Å². The predicted molar refractivity (Wildman–Crippen MR) is 45.0 cm³/mol. The maximum atomic E-state index is 10.9. The molecule has 0 radical (unpaired) electrons. The molecule has 0 aromatic rings. The van der Waals surface area contributed by atoms with Crippen molar-refractivity contribution in [3.63, 3.8) is 0 Å². The molecule has 0 aromatic heterocycles. The molecule has 0 aliphatic carbocycles. The molecule has 5 nitrogen and oxygen atoms in total. The van der Waals surface area contributed by atoms with Crippen LogP contribution in [0.25, 0.3) is 0 Å². The molecule has 1 rings (SSSR count). The van der Waals surface area contributed by atoms with Crippen molar-refractivity contribution in [2.45, 2.75) is 0 Å². The molecule has 12 heavy (non-hydrogen) atoms. The zero-order valence-electron chi connectivity index (χ0n) is 6.65. The van der Waals surface area contributed by atoms with Gasteiger partial charge in [-0.25, -0.2) is 21.6 Å². The fourth-order valence-electron chi connectivity index (χ4n) is 1.16. The van der Waals surface area contributed by atoms with Gasteiger partial charge in [-0.15, -0.1) is 0 Å². The fourth-order valence-corrected chi connectivity index (χ4v) is 4.06. The van der Waals surface area contributed by atoms with Crippen molar-refractivity contribution >= 4 is 19.9 Å². The standard InChI is InChI=1S/C5H11NO4S2/c1-6-12(9,10)4-5-2-11(7,8)3-5/h5-6H,2-4H2,1H3. The highest BCUT2D eigenvalue weighted by atomic mass is 32.2. The maximum Gasteiger partial charge on any atom is 0.211 e. The van der Waals surface area contributed by atoms with Gasteiger partial charge in [0.15, 0.2) is 9.84 Å². The van der Waals surface area contributed by atoms with Gasteiger partial charge in [0.25, 0.3) is 0 Å². The Morgan fingerprint density at radius 3 is 2.25 bits per heavy atom. The second kappa shape index (κ2) is 2.97. The number of sulfonamides is 1. The molecular weight excluding hydrogens is 202 g/mol. The summed E-state index contributed by atoms with van der Waals surface area (Å²) >= 11 is 0. The van der Waals surface area contributed by atoms with E-state index >= 15 is 0 Å². The number of nitrogens with one attached hydrogen (secondary N) is 1. The van der Waals surface area contributed by atoms with Crippen LogP contribution in [0.2, 0.25) is 0 Å². The molecule has 1 saturated heterocycles. The van der Waals surface area contributed by atoms with Crippen LogP contribution in [0.3, 0.4) is 0 Å². The summed E-state index contributed by atoms with van der Waals surface area (Å²) in [6, 6.07) is 0. The Morgan fingerprint density at radius 1 is 1.42 bits per heavy atom. The first-order valence-electron chi connectivity index (χ1n) is 3.46. The van der Waals surface area contributed by atoms with E-state index in [-0.39, 0.29) is 23.2 Å². The van der Waals surface area contributed by atoms with Crippen molar-refractivity contribution in [1.29, 1.82) is 0 Å². The smallest absolute Gasteiger partial charge is 0.211 e. The minimum Gasteiger partial charge on any atom is -0.229 e. The predicted octanol–water partition coefficient (Wildman–Crippen LogP) is -1.42. The minimum atomic E-state index is -3.24. The van der Waals surface area contributed by atoms with Crippen molar-refractivity contribution in [2.75, 3.05) is 24.3 Å². The van der Waals surface area contributed by atoms with Gasteiger partial charge in [0.2, 0.25) is 10.0 Å². The highest BCUT2D eigenvalue weighted by molar-refractivity contribution is 7.93. The summed E-state index contributed by atoms with van der Waals surface area (Å²) in [5, 5.41) is 0. The number of rotatable bonds is 3. The van der Waals surface area contributed by atoms with Crippen molar-refractivity contribution in [3.8, 4) is 0 Å². The largest absolute Gasteiger partial charge is 0.229 e. The summed E-state index contributed by atoms with van der Waals surface area (Å²) < 4.78 is 45.3. The van der Waals surface area contributed by atoms with Crippen LogP contribution in [0.1, 0.15) is 0 Å². The van der Waals surface area contributed by atoms with Crippen LogP contribution in [-0.4, -0.2) is 41.1 Å². The van der Waals surface area contributed by atoms with Gasteiger partial charge in [0, 0.05) is 5.92 Å². The quantitative estimate of drug-likeness (QED) is 0.624. The van der Waals surface area contributed by atoms with Crippen molar-refractivity contribution in [1.82, 2.24) is 4.72 Å². The van der Waals surface area contributed by atoms with Gasteiger partial charge in [0.05, 0.1) is 17.3 Å². The molecule has 7 heteroatoms. The van der Waals surface area contributed by atoms with Crippen LogP contribution in [0.5, 0.6) is 0 Å². The van der Waals surface area contributed by atoms with E-state index in [1.807, 2.05) is 0 Å². The van der Waals surface area contributed by atoms with Gasteiger partial charge in [-0.05, 0) is 7.05 Å². The van der Waals surface area contributed by atoms with E-state index in [1.165, 1.54) is 7.05 Å². The Hall–Kier alpha value is -0.140. The van der Waals surface area contributed by atoms with Crippen molar-refractivity contribution < 1.29 is 16.8 Å². The lowest BCUT2D eigenvalue weighted by molar-refractivity contribution is 0.532. The molecular formula is C5H11NO4S2. The highest BCUT2D eigenvalue weighted by Gasteiger charge is 2.35. The van der Waals surface area contributed by atoms with E-state index < -0.39 is 19.9 Å². The van der Waals surface area contributed by atoms with Crippen LogP contribution in [0, 0.1) is 5.92 Å². The first-order chi connectivity index (χ1) is 5.35. The number of hydrogen-bond donors (Lipinski definition) is 1. The van der Waals surface area contributed by atoms with Crippen molar-refractivity contribution in [2.24, 2.45) is 5.92 Å². The SMILES string of the molecule is CNS(=O)(=O)CC1CS(=O)(=O)C1. The lowest BCUT2D eigenvalue weighted by Gasteiger charge is -2.24. The summed E-state index contributed by atoms with van der Waals surface area (Å²) in [4.78, 5) is 0. The van der Waals surface area contributed by atoms with E-state index in [2.05, 4.69) is 4.72 Å². The van der Waals surface area contributed by atoms with Gasteiger partial charge in [-0.2, -0.15) is 0 Å². The highest BCUT2D eigenvalue weighted by Crippen LogP contribution is 2.19. The normalized spacial score (nSPS) is 23.4. The molecule has 1 fully saturated rings. The second-order valence-corrected chi connectivity index (χ2v) is 7.05. The monoisotopic (exact) mass is 213 g/mol. The molecule has 0 saturated carbocycles. The molecule has 0 unspecified atom stereocenters. The zero-order valence-corrected chi connectivity index (χ0v) is 8.28. The molecule has 0 aromatic carbocycles. The lowest BCUT2D eigenvalue weighted by atomic mass is 10.2. The molecule has 0 spiro atoms. The first-order valence-corrected chi connectivity index (χ1v) is 6.94. The Balaban J connectivity index is 2.48. The van der Waals surface area contributed by atoms with Gasteiger partial charge in [-0.1, -0.05) is 0 Å². The molecule has 1 heterocycles. The summed E-state index contributed by atoms with van der Waals surface area (Å²) in [6.07, 6.45) is 0. The molecule has 0 atom stereocenters. The molecule has 0 bridgehead atoms. The number of hydrogen-bond acceptors (Lipinski definition) is 4. The topological polar surface area (TPSA) is 80.3 Å². The van der Waals surface area contributed by atoms with Gasteiger partial charge < -0.3 is 0 Å². The van der Waals surface area contributed by atoms with Gasteiger partial charge >= 0.3 is 0 Å². The third-order valence-electron chi connectivity index (χ3n) is 1.75. The van der Waals surface area contributed by atoms with Crippen LogP contribution < -0.4 is 4.72 Å². The molecule has 1 N–H and O–H groups in total. The van der Waals surface area contributed by atoms with E-state index in [4.69, 9.17) is 0 Å². The Morgan fingerprint density at radius 2 is 1.92 bits per heavy atom. The molecule has 0 amide bonds. The fraction of sp³-hybridized carbons (Fsp3) is 1.00. The summed E-state index contributed by atoms with van der Waals surface area (Å²) in [5.41, 5.74) is 0. The van der Waals surface area contributed by atoms with E-state index in [0.29, 0.717) is 0 Å². The van der Waals surface area contributed by atoms with Crippen molar-refractivity contribution in [3.05, 3.63) is 0 Å². The third-order valence-corrected chi connectivity index (χ3v) is 5.24. The van der Waals surface area contributed by atoms with Crippen LogP contribution in [0.4, 0.5) is 0 Å². The van der Waals surface area contributed by atoms with E-state index in [9.17, 15) is 16.8 Å².